The predicted molar refractivity (Wildman–Crippen MR) is 39.0 cm³/mol. The summed E-state index contributed by atoms with van der Waals surface area (Å²) in [6.07, 6.45) is 4.66. The van der Waals surface area contributed by atoms with Gasteiger partial charge < -0.3 is 1.43 Å². The minimum Gasteiger partial charge on any atom is -1.00 e. The molecule has 1 saturated heterocycles. The molecule has 1 rings (SSSR count). The Morgan fingerprint density at radius 3 is 1.56 bits per heavy atom. The average molecular weight is 224 g/mol. The molecule has 0 aromatic carbocycles. The second-order valence-corrected chi connectivity index (χ2v) is 4.24. The molecule has 0 saturated carbocycles. The number of rotatable bonds is 0. The summed E-state index contributed by atoms with van der Waals surface area (Å²) in [6, 6.07) is 0. The van der Waals surface area contributed by atoms with Gasteiger partial charge in [-0.15, -0.1) is 12.4 Å². The molecule has 0 atom stereocenters. The van der Waals surface area contributed by atoms with E-state index in [1.807, 2.05) is 0 Å². The van der Waals surface area contributed by atoms with Crippen LogP contribution in [0.4, 0.5) is 0 Å². The molecule has 1 aliphatic heterocycles. The quantitative estimate of drug-likeness (QED) is 0.462. The van der Waals surface area contributed by atoms with Crippen LogP contribution in [0.2, 0.25) is 10.6 Å². The Morgan fingerprint density at radius 1 is 1.00 bits per heavy atom. The smallest absolute Gasteiger partial charge is 1.00 e. The minimum absolute atomic E-state index is 0. The van der Waals surface area contributed by atoms with Crippen molar-refractivity contribution in [3.8, 4) is 0 Å². The van der Waals surface area contributed by atoms with E-state index in [0.29, 0.717) is 15.2 Å². The molecule has 46 valence electrons. The Hall–Kier alpha value is 2.45. The van der Waals surface area contributed by atoms with E-state index in [1.54, 1.807) is 23.4 Å². The molecule has 0 bridgehead atoms. The van der Waals surface area contributed by atoms with Crippen LogP contribution >= 0.6 is 12.4 Å². The Balaban J connectivity index is -0.0000000450. The first-order valence-electron chi connectivity index (χ1n) is 3.00. The van der Waals surface area contributed by atoms with Crippen LogP contribution in [0.3, 0.4) is 0 Å². The summed E-state index contributed by atoms with van der Waals surface area (Å²) in [6.45, 7) is 0. The van der Waals surface area contributed by atoms with Gasteiger partial charge in [0.15, 0.2) is 0 Å². The zero-order valence-electron chi connectivity index (χ0n) is 7.36. The first kappa shape index (κ1) is 17.5. The van der Waals surface area contributed by atoms with E-state index in [0.717, 1.165) is 0 Å². The fraction of sp³-hybridized carbons (Fsp3) is 1.00. The van der Waals surface area contributed by atoms with Gasteiger partial charge >= 0.3 is 29.6 Å². The average Bonchev–Trinajstić information content (AvgIpc) is 1.72. The molecule has 1 fully saturated rings. The van der Waals surface area contributed by atoms with Crippen LogP contribution in [-0.4, -0.2) is 15.2 Å². The number of halogens is 1. The second-order valence-electron chi connectivity index (χ2n) is 2.12. The van der Waals surface area contributed by atoms with E-state index >= 15 is 0 Å². The van der Waals surface area contributed by atoms with Gasteiger partial charge in [-0.1, -0.05) is 29.8 Å². The van der Waals surface area contributed by atoms with E-state index in [1.165, 1.54) is 6.42 Å². The molecule has 1 aliphatic rings. The van der Waals surface area contributed by atoms with Crippen LogP contribution in [0.15, 0.2) is 0 Å². The largest absolute Gasteiger partial charge is 1.00 e. The standard InChI is InChI=1S/C5H10.Al.ClH.Na.Zn.2H/c1-3-5-4-2;;;;;;/h1-5H2;;1H;;;;/q;;;+1;;;-1. The molecule has 4 heteroatoms. The SMILES string of the molecule is C1C[CH2][AlH][CH2]C1.Cl.[H-].[Na+].[Zn]. The zero-order chi connectivity index (χ0) is 4.24. The van der Waals surface area contributed by atoms with Gasteiger partial charge in [-0.3, -0.25) is 0 Å². The topological polar surface area (TPSA) is 0 Å². The van der Waals surface area contributed by atoms with Crippen molar-refractivity contribution >= 4 is 27.6 Å². The summed E-state index contributed by atoms with van der Waals surface area (Å²) in [5, 5.41) is 3.28. The van der Waals surface area contributed by atoms with Crippen LogP contribution in [0.5, 0.6) is 0 Å². The van der Waals surface area contributed by atoms with Crippen molar-refractivity contribution in [2.24, 2.45) is 0 Å². The van der Waals surface area contributed by atoms with Crippen molar-refractivity contribution in [1.82, 2.24) is 0 Å². The summed E-state index contributed by atoms with van der Waals surface area (Å²) in [7, 11) is 0. The van der Waals surface area contributed by atoms with Crippen molar-refractivity contribution in [3.05, 3.63) is 0 Å². The van der Waals surface area contributed by atoms with Crippen molar-refractivity contribution in [1.29, 1.82) is 0 Å². The number of hydrogen-bond acceptors (Lipinski definition) is 0. The van der Waals surface area contributed by atoms with Gasteiger partial charge in [0.25, 0.3) is 0 Å². The van der Waals surface area contributed by atoms with Crippen molar-refractivity contribution in [3.63, 3.8) is 0 Å². The molecule has 0 spiro atoms. The fourth-order valence-corrected chi connectivity index (χ4v) is 2.83. The zero-order valence-corrected chi connectivity index (χ0v) is 13.6. The van der Waals surface area contributed by atoms with Gasteiger partial charge in [-0.2, -0.15) is 0 Å². The third kappa shape index (κ3) is 10.4. The van der Waals surface area contributed by atoms with Crippen LogP contribution in [0.25, 0.3) is 0 Å². The van der Waals surface area contributed by atoms with E-state index in [9.17, 15) is 0 Å². The monoisotopic (exact) mass is 222 g/mol. The minimum atomic E-state index is 0. The van der Waals surface area contributed by atoms with E-state index in [-0.39, 0.29) is 62.9 Å². The van der Waals surface area contributed by atoms with E-state index < -0.39 is 0 Å². The van der Waals surface area contributed by atoms with E-state index in [4.69, 9.17) is 0 Å². The molecule has 0 N–H and O–H groups in total. The Bertz CT molecular complexity index is 37.1. The summed E-state index contributed by atoms with van der Waals surface area (Å²) in [4.78, 5) is 0. The number of hydrogen-bond donors (Lipinski definition) is 0. The second kappa shape index (κ2) is 13.1. The van der Waals surface area contributed by atoms with Gasteiger partial charge in [-0.25, -0.2) is 0 Å². The molecule has 9 heavy (non-hydrogen) atoms. The molecule has 0 aromatic rings. The third-order valence-electron chi connectivity index (χ3n) is 1.50. The molecular formula is C5H13AlClNaZn. The molecule has 0 unspecified atom stereocenters. The van der Waals surface area contributed by atoms with Crippen molar-refractivity contribution in [2.75, 3.05) is 0 Å². The normalized spacial score (nSPS) is 15.1. The molecule has 0 aliphatic carbocycles. The van der Waals surface area contributed by atoms with Crippen molar-refractivity contribution in [2.45, 2.75) is 29.8 Å². The van der Waals surface area contributed by atoms with Gasteiger partial charge in [0, 0.05) is 19.5 Å². The molecule has 0 aromatic heterocycles. The van der Waals surface area contributed by atoms with Crippen LogP contribution in [0.1, 0.15) is 20.7 Å². The van der Waals surface area contributed by atoms with Gasteiger partial charge in [0.2, 0.25) is 15.2 Å². The molecule has 0 amide bonds. The predicted octanol–water partition coefficient (Wildman–Crippen LogP) is -1.02. The molecule has 1 heterocycles. The molecule has 0 radical (unpaired) electrons. The Kier molecular flexibility index (Phi) is 25.4. The van der Waals surface area contributed by atoms with Crippen LogP contribution in [-0.2, 0) is 19.5 Å². The maximum Gasteiger partial charge on any atom is 1.00 e. The van der Waals surface area contributed by atoms with Crippen LogP contribution < -0.4 is 29.6 Å². The Labute approximate surface area is 107 Å². The van der Waals surface area contributed by atoms with Crippen LogP contribution in [0, 0.1) is 0 Å². The maximum atomic E-state index is 1.64. The fourth-order valence-electron chi connectivity index (χ4n) is 1.06. The third-order valence-corrected chi connectivity index (χ3v) is 3.50. The van der Waals surface area contributed by atoms with Gasteiger partial charge in [0.1, 0.15) is 0 Å². The molecule has 0 nitrogen and oxygen atoms in total. The summed E-state index contributed by atoms with van der Waals surface area (Å²) < 4.78 is 0. The van der Waals surface area contributed by atoms with Gasteiger partial charge in [0.05, 0.1) is 0 Å². The first-order valence-corrected chi connectivity index (χ1v) is 5.00. The van der Waals surface area contributed by atoms with E-state index in [2.05, 4.69) is 0 Å². The summed E-state index contributed by atoms with van der Waals surface area (Å²) in [5.41, 5.74) is 0. The molecular weight excluding hydrogens is 211 g/mol. The van der Waals surface area contributed by atoms with Crippen molar-refractivity contribution < 1.29 is 50.5 Å². The summed E-state index contributed by atoms with van der Waals surface area (Å²) in [5.74, 6) is 0. The first-order chi connectivity index (χ1) is 3.00. The summed E-state index contributed by atoms with van der Waals surface area (Å²) >= 11 is 0.508. The Morgan fingerprint density at radius 2 is 1.44 bits per heavy atom. The maximum absolute atomic E-state index is 1.64. The van der Waals surface area contributed by atoms with Gasteiger partial charge in [-0.05, 0) is 0 Å².